The van der Waals surface area contributed by atoms with E-state index in [2.05, 4.69) is 19.6 Å². The average molecular weight is 316 g/mol. The maximum absolute atomic E-state index is 12.8. The molecule has 0 aromatic carbocycles. The molecule has 1 fully saturated rings. The van der Waals surface area contributed by atoms with E-state index in [0.29, 0.717) is 19.7 Å². The van der Waals surface area contributed by atoms with Crippen molar-refractivity contribution in [1.29, 1.82) is 0 Å². The summed E-state index contributed by atoms with van der Waals surface area (Å²) in [4.78, 5) is 23.0. The van der Waals surface area contributed by atoms with Crippen molar-refractivity contribution in [2.75, 3.05) is 13.2 Å². The van der Waals surface area contributed by atoms with Crippen LogP contribution < -0.4 is 0 Å². The standard InChI is InChI=1S/C15H20N6O2/c22-15(13-2-1-5-23-13)20-7-12(8-21-11-16-10-18-21)6-19-4-3-17-14(19)9-20/h3-4,10-13H,1-2,5-9H2/t12?,13-/m0/s1. The van der Waals surface area contributed by atoms with Crippen molar-refractivity contribution < 1.29 is 9.53 Å². The zero-order chi connectivity index (χ0) is 15.6. The minimum Gasteiger partial charge on any atom is -0.368 e. The van der Waals surface area contributed by atoms with Gasteiger partial charge in [-0.2, -0.15) is 5.10 Å². The van der Waals surface area contributed by atoms with Crippen LogP contribution >= 0.6 is 0 Å². The molecule has 0 spiro atoms. The van der Waals surface area contributed by atoms with E-state index in [9.17, 15) is 4.79 Å². The Morgan fingerprint density at radius 1 is 1.39 bits per heavy atom. The number of ether oxygens (including phenoxy) is 1. The molecule has 0 aliphatic carbocycles. The summed E-state index contributed by atoms with van der Waals surface area (Å²) in [6.07, 6.45) is 8.51. The molecule has 0 bridgehead atoms. The van der Waals surface area contributed by atoms with E-state index in [1.165, 1.54) is 6.33 Å². The molecule has 2 atom stereocenters. The predicted molar refractivity (Wildman–Crippen MR) is 80.1 cm³/mol. The topological polar surface area (TPSA) is 78.1 Å². The summed E-state index contributed by atoms with van der Waals surface area (Å²) in [5.74, 6) is 1.28. The second-order valence-electron chi connectivity index (χ2n) is 6.20. The van der Waals surface area contributed by atoms with E-state index in [0.717, 1.165) is 31.8 Å². The highest BCUT2D eigenvalue weighted by atomic mass is 16.5. The Morgan fingerprint density at radius 3 is 3.13 bits per heavy atom. The first-order chi connectivity index (χ1) is 11.3. The van der Waals surface area contributed by atoms with E-state index in [-0.39, 0.29) is 17.9 Å². The Labute approximate surface area is 134 Å². The van der Waals surface area contributed by atoms with Gasteiger partial charge in [-0.3, -0.25) is 9.48 Å². The van der Waals surface area contributed by atoms with Crippen LogP contribution in [0.4, 0.5) is 0 Å². The van der Waals surface area contributed by atoms with Crippen LogP contribution in [-0.2, 0) is 29.2 Å². The smallest absolute Gasteiger partial charge is 0.252 e. The van der Waals surface area contributed by atoms with Gasteiger partial charge in [0.15, 0.2) is 0 Å². The van der Waals surface area contributed by atoms with E-state index in [1.54, 1.807) is 12.5 Å². The Morgan fingerprint density at radius 2 is 2.35 bits per heavy atom. The second-order valence-corrected chi connectivity index (χ2v) is 6.20. The number of aromatic nitrogens is 5. The number of carbonyl (C=O) groups excluding carboxylic acids is 1. The third-order valence-electron chi connectivity index (χ3n) is 4.50. The number of hydrogen-bond acceptors (Lipinski definition) is 5. The van der Waals surface area contributed by atoms with Crippen molar-refractivity contribution in [3.63, 3.8) is 0 Å². The lowest BCUT2D eigenvalue weighted by molar-refractivity contribution is -0.142. The predicted octanol–water partition coefficient (Wildman–Crippen LogP) is 0.312. The fraction of sp³-hybridized carbons (Fsp3) is 0.600. The Balaban J connectivity index is 1.55. The van der Waals surface area contributed by atoms with Crippen LogP contribution in [0.25, 0.3) is 0 Å². The molecule has 1 saturated heterocycles. The molecule has 1 amide bonds. The third kappa shape index (κ3) is 2.98. The van der Waals surface area contributed by atoms with Crippen molar-refractivity contribution in [3.8, 4) is 0 Å². The first-order valence-electron chi connectivity index (χ1n) is 8.02. The molecule has 8 heteroatoms. The maximum Gasteiger partial charge on any atom is 0.252 e. The van der Waals surface area contributed by atoms with Crippen LogP contribution in [0.15, 0.2) is 25.0 Å². The summed E-state index contributed by atoms with van der Waals surface area (Å²) in [7, 11) is 0. The molecule has 0 radical (unpaired) electrons. The molecule has 2 aromatic heterocycles. The van der Waals surface area contributed by atoms with Crippen LogP contribution in [0.3, 0.4) is 0 Å². The number of hydrogen-bond donors (Lipinski definition) is 0. The number of amides is 1. The third-order valence-corrected chi connectivity index (χ3v) is 4.50. The van der Waals surface area contributed by atoms with Crippen molar-refractivity contribution in [2.45, 2.75) is 38.6 Å². The maximum atomic E-state index is 12.8. The van der Waals surface area contributed by atoms with E-state index < -0.39 is 0 Å². The highest BCUT2D eigenvalue weighted by Crippen LogP contribution is 2.21. The largest absolute Gasteiger partial charge is 0.368 e. The minimum absolute atomic E-state index is 0.0857. The van der Waals surface area contributed by atoms with Crippen molar-refractivity contribution in [2.24, 2.45) is 5.92 Å². The minimum atomic E-state index is -0.288. The van der Waals surface area contributed by atoms with Gasteiger partial charge in [-0.1, -0.05) is 0 Å². The molecule has 2 aliphatic rings. The summed E-state index contributed by atoms with van der Waals surface area (Å²) in [5, 5.41) is 4.18. The van der Waals surface area contributed by atoms with E-state index >= 15 is 0 Å². The van der Waals surface area contributed by atoms with Gasteiger partial charge < -0.3 is 14.2 Å². The summed E-state index contributed by atoms with van der Waals surface area (Å²) in [6.45, 7) is 3.46. The SMILES string of the molecule is O=C([C@@H]1CCCO1)N1Cc2nccn2CC(Cn2cncn2)C1. The van der Waals surface area contributed by atoms with Gasteiger partial charge in [0.1, 0.15) is 24.6 Å². The zero-order valence-electron chi connectivity index (χ0n) is 12.9. The monoisotopic (exact) mass is 316 g/mol. The molecule has 4 heterocycles. The molecule has 8 nitrogen and oxygen atoms in total. The molecule has 122 valence electrons. The van der Waals surface area contributed by atoms with Crippen LogP contribution in [0, 0.1) is 5.92 Å². The van der Waals surface area contributed by atoms with Gasteiger partial charge in [-0.25, -0.2) is 9.97 Å². The number of fused-ring (bicyclic) bond motifs is 1. The number of nitrogens with zero attached hydrogens (tertiary/aromatic N) is 6. The van der Waals surface area contributed by atoms with Gasteiger partial charge in [0.2, 0.25) is 0 Å². The van der Waals surface area contributed by atoms with Gasteiger partial charge >= 0.3 is 0 Å². The van der Waals surface area contributed by atoms with Gasteiger partial charge in [-0.15, -0.1) is 0 Å². The van der Waals surface area contributed by atoms with Crippen molar-refractivity contribution in [1.82, 2.24) is 29.2 Å². The summed E-state index contributed by atoms with van der Waals surface area (Å²) < 4.78 is 9.52. The first kappa shape index (κ1) is 14.4. The summed E-state index contributed by atoms with van der Waals surface area (Å²) in [5.41, 5.74) is 0. The lowest BCUT2D eigenvalue weighted by Crippen LogP contribution is -2.41. The molecule has 4 rings (SSSR count). The van der Waals surface area contributed by atoms with Crippen molar-refractivity contribution in [3.05, 3.63) is 30.9 Å². The molecule has 2 aliphatic heterocycles. The number of carbonyl (C=O) groups is 1. The lowest BCUT2D eigenvalue weighted by atomic mass is 10.1. The van der Waals surface area contributed by atoms with Crippen LogP contribution in [0.5, 0.6) is 0 Å². The van der Waals surface area contributed by atoms with E-state index in [4.69, 9.17) is 4.74 Å². The normalized spacial score (nSPS) is 24.4. The summed E-state index contributed by atoms with van der Waals surface area (Å²) in [6, 6.07) is 0. The Bertz CT molecular complexity index is 661. The van der Waals surface area contributed by atoms with Crippen LogP contribution in [-0.4, -0.2) is 54.4 Å². The molecular formula is C15H20N6O2. The van der Waals surface area contributed by atoms with Gasteiger partial charge in [0.05, 0.1) is 6.54 Å². The quantitative estimate of drug-likeness (QED) is 0.814. The van der Waals surface area contributed by atoms with Gasteiger partial charge in [0, 0.05) is 44.6 Å². The zero-order valence-corrected chi connectivity index (χ0v) is 12.9. The summed E-state index contributed by atoms with van der Waals surface area (Å²) >= 11 is 0. The van der Waals surface area contributed by atoms with Crippen LogP contribution in [0.2, 0.25) is 0 Å². The van der Waals surface area contributed by atoms with Gasteiger partial charge in [-0.05, 0) is 12.8 Å². The fourth-order valence-electron chi connectivity index (χ4n) is 3.39. The number of imidazole rings is 1. The Kier molecular flexibility index (Phi) is 3.82. The first-order valence-corrected chi connectivity index (χ1v) is 8.02. The van der Waals surface area contributed by atoms with Crippen LogP contribution in [0.1, 0.15) is 18.7 Å². The van der Waals surface area contributed by atoms with E-state index in [1.807, 2.05) is 15.8 Å². The lowest BCUT2D eigenvalue weighted by Gasteiger charge is -2.26. The Hall–Kier alpha value is -2.22. The van der Waals surface area contributed by atoms with Crippen molar-refractivity contribution >= 4 is 5.91 Å². The highest BCUT2D eigenvalue weighted by molar-refractivity contribution is 5.81. The molecular weight excluding hydrogens is 296 g/mol. The molecule has 0 N–H and O–H groups in total. The number of rotatable bonds is 3. The highest BCUT2D eigenvalue weighted by Gasteiger charge is 2.32. The molecule has 1 unspecified atom stereocenters. The molecule has 0 saturated carbocycles. The second kappa shape index (κ2) is 6.11. The molecule has 23 heavy (non-hydrogen) atoms. The fourth-order valence-corrected chi connectivity index (χ4v) is 3.39. The molecule has 2 aromatic rings. The van der Waals surface area contributed by atoms with Gasteiger partial charge in [0.25, 0.3) is 5.91 Å². The average Bonchev–Trinajstić information content (AvgIpc) is 3.28.